The quantitative estimate of drug-likeness (QED) is 0.788. The van der Waals surface area contributed by atoms with Crippen LogP contribution in [-0.4, -0.2) is 23.5 Å². The number of rotatable bonds is 2. The highest BCUT2D eigenvalue weighted by atomic mass is 19.1. The van der Waals surface area contributed by atoms with Crippen LogP contribution in [0, 0.1) is 25.5 Å². The Hall–Kier alpha value is -1.73. The molecule has 0 spiro atoms. The third-order valence-corrected chi connectivity index (χ3v) is 4.89. The predicted octanol–water partition coefficient (Wildman–Crippen LogP) is 3.54. The highest BCUT2D eigenvalue weighted by molar-refractivity contribution is 6.62. The number of nitrogens with zero attached hydrogens (tertiary/aromatic N) is 1. The van der Waals surface area contributed by atoms with Gasteiger partial charge in [-0.3, -0.25) is 0 Å². The Labute approximate surface area is 140 Å². The lowest BCUT2D eigenvalue weighted by molar-refractivity contribution is 0.00578. The molecule has 0 atom stereocenters. The van der Waals surface area contributed by atoms with Gasteiger partial charge in [-0.25, -0.2) is 8.78 Å². The maximum atomic E-state index is 14.7. The van der Waals surface area contributed by atoms with E-state index in [4.69, 9.17) is 13.8 Å². The van der Waals surface area contributed by atoms with Gasteiger partial charge in [0, 0.05) is 5.56 Å². The molecule has 1 aliphatic rings. The Morgan fingerprint density at radius 3 is 1.88 bits per heavy atom. The van der Waals surface area contributed by atoms with Gasteiger partial charge in [0.15, 0.2) is 0 Å². The van der Waals surface area contributed by atoms with Gasteiger partial charge in [0.25, 0.3) is 0 Å². The molecule has 0 saturated carbocycles. The van der Waals surface area contributed by atoms with Gasteiger partial charge in [0.05, 0.1) is 22.4 Å². The van der Waals surface area contributed by atoms with Crippen molar-refractivity contribution < 1.29 is 22.6 Å². The summed E-state index contributed by atoms with van der Waals surface area (Å²) in [4.78, 5) is 0. The van der Waals surface area contributed by atoms with Crippen molar-refractivity contribution in [3.8, 4) is 11.1 Å². The third kappa shape index (κ3) is 2.56. The molecule has 0 aliphatic carbocycles. The fraction of sp³-hybridized carbons (Fsp3) is 0.471. The fourth-order valence-corrected chi connectivity index (χ4v) is 2.81. The Kier molecular flexibility index (Phi) is 3.84. The van der Waals surface area contributed by atoms with Crippen molar-refractivity contribution in [3.63, 3.8) is 0 Å². The lowest BCUT2D eigenvalue weighted by Gasteiger charge is -2.32. The molecule has 2 heterocycles. The first kappa shape index (κ1) is 17.1. The summed E-state index contributed by atoms with van der Waals surface area (Å²) < 4.78 is 45.9. The molecule has 0 radical (unpaired) electrons. The molecule has 3 rings (SSSR count). The highest BCUT2D eigenvalue weighted by Crippen LogP contribution is 2.37. The maximum Gasteiger partial charge on any atom is 0.500 e. The highest BCUT2D eigenvalue weighted by Gasteiger charge is 2.53. The molecule has 1 aromatic heterocycles. The lowest BCUT2D eigenvalue weighted by atomic mass is 9.77. The van der Waals surface area contributed by atoms with Crippen molar-refractivity contribution in [2.24, 2.45) is 0 Å². The summed E-state index contributed by atoms with van der Waals surface area (Å²) in [6, 6.07) is 2.52. The monoisotopic (exact) mass is 335 g/mol. The second-order valence-corrected chi connectivity index (χ2v) is 7.14. The average molecular weight is 335 g/mol. The summed E-state index contributed by atoms with van der Waals surface area (Å²) in [5.74, 6) is -0.929. The molecule has 24 heavy (non-hydrogen) atoms. The van der Waals surface area contributed by atoms with Gasteiger partial charge in [-0.05, 0) is 59.2 Å². The normalized spacial score (nSPS) is 19.1. The van der Waals surface area contributed by atoms with E-state index in [0.717, 1.165) is 0 Å². The number of hydrogen-bond donors (Lipinski definition) is 0. The van der Waals surface area contributed by atoms with Crippen LogP contribution in [0.2, 0.25) is 0 Å². The van der Waals surface area contributed by atoms with Crippen molar-refractivity contribution >= 4 is 12.6 Å². The van der Waals surface area contributed by atoms with Crippen molar-refractivity contribution in [1.29, 1.82) is 0 Å². The minimum atomic E-state index is -1.09. The van der Waals surface area contributed by atoms with Crippen LogP contribution in [0.5, 0.6) is 0 Å². The fourth-order valence-electron chi connectivity index (χ4n) is 2.81. The van der Waals surface area contributed by atoms with Gasteiger partial charge in [-0.1, -0.05) is 5.16 Å². The molecule has 7 heteroatoms. The van der Waals surface area contributed by atoms with E-state index in [-0.39, 0.29) is 5.46 Å². The second kappa shape index (κ2) is 5.39. The summed E-state index contributed by atoms with van der Waals surface area (Å²) in [7, 11) is -1.09. The minimum absolute atomic E-state index is 0.218. The number of halogens is 2. The summed E-state index contributed by atoms with van der Waals surface area (Å²) in [5.41, 5.74) is -0.0121. The van der Waals surface area contributed by atoms with E-state index in [0.29, 0.717) is 22.6 Å². The van der Waals surface area contributed by atoms with Crippen LogP contribution in [0.3, 0.4) is 0 Å². The smallest absolute Gasteiger partial charge is 0.399 e. The Morgan fingerprint density at radius 2 is 1.46 bits per heavy atom. The SMILES string of the molecule is Cc1noc(C)c1-c1cc(F)c(B2OC(C)(C)C(C)(C)O2)c(F)c1. The predicted molar refractivity (Wildman–Crippen MR) is 87.0 cm³/mol. The van der Waals surface area contributed by atoms with Crippen LogP contribution in [0.1, 0.15) is 39.1 Å². The Bertz CT molecular complexity index is 743. The average Bonchev–Trinajstić information content (AvgIpc) is 2.85. The zero-order valence-electron chi connectivity index (χ0n) is 14.7. The molecular formula is C17H20BF2NO3. The first-order valence-corrected chi connectivity index (χ1v) is 7.81. The number of benzene rings is 1. The topological polar surface area (TPSA) is 44.5 Å². The lowest BCUT2D eigenvalue weighted by Crippen LogP contribution is -2.41. The summed E-state index contributed by atoms with van der Waals surface area (Å²) >= 11 is 0. The molecule has 0 amide bonds. The van der Waals surface area contributed by atoms with Crippen LogP contribution in [0.15, 0.2) is 16.7 Å². The molecule has 1 aromatic carbocycles. The molecule has 0 N–H and O–H groups in total. The molecular weight excluding hydrogens is 315 g/mol. The zero-order chi connectivity index (χ0) is 17.9. The van der Waals surface area contributed by atoms with Crippen molar-refractivity contribution in [2.75, 3.05) is 0 Å². The second-order valence-electron chi connectivity index (χ2n) is 7.14. The van der Waals surface area contributed by atoms with Gasteiger partial charge < -0.3 is 13.8 Å². The van der Waals surface area contributed by atoms with Gasteiger partial charge in [0.1, 0.15) is 17.4 Å². The van der Waals surface area contributed by atoms with Crippen LogP contribution < -0.4 is 5.46 Å². The number of aryl methyl sites for hydroxylation is 2. The summed E-state index contributed by atoms with van der Waals surface area (Å²) in [6.45, 7) is 10.8. The minimum Gasteiger partial charge on any atom is -0.399 e. The van der Waals surface area contributed by atoms with Crippen LogP contribution in [0.25, 0.3) is 11.1 Å². The molecule has 1 fully saturated rings. The van der Waals surface area contributed by atoms with E-state index in [9.17, 15) is 8.78 Å². The van der Waals surface area contributed by atoms with E-state index in [1.54, 1.807) is 13.8 Å². The van der Waals surface area contributed by atoms with Gasteiger partial charge >= 0.3 is 7.12 Å². The standard InChI is InChI=1S/C17H20BF2NO3/c1-9-14(10(2)22-21-9)11-7-12(19)15(13(20)8-11)18-23-16(3,4)17(5,6)24-18/h7-8H,1-6H3. The largest absolute Gasteiger partial charge is 0.500 e. The van der Waals surface area contributed by atoms with E-state index in [2.05, 4.69) is 5.16 Å². The van der Waals surface area contributed by atoms with Crippen molar-refractivity contribution in [3.05, 3.63) is 35.2 Å². The third-order valence-electron chi connectivity index (χ3n) is 4.89. The van der Waals surface area contributed by atoms with E-state index < -0.39 is 30.0 Å². The molecule has 1 saturated heterocycles. The Morgan fingerprint density at radius 1 is 0.958 bits per heavy atom. The van der Waals surface area contributed by atoms with Crippen molar-refractivity contribution in [1.82, 2.24) is 5.16 Å². The molecule has 2 aromatic rings. The first-order valence-electron chi connectivity index (χ1n) is 7.81. The zero-order valence-corrected chi connectivity index (χ0v) is 14.7. The molecule has 0 bridgehead atoms. The first-order chi connectivity index (χ1) is 11.0. The van der Waals surface area contributed by atoms with Crippen LogP contribution in [0.4, 0.5) is 8.78 Å². The Balaban J connectivity index is 2.04. The molecule has 1 aliphatic heterocycles. The summed E-state index contributed by atoms with van der Waals surface area (Å²) in [6.07, 6.45) is 0. The summed E-state index contributed by atoms with van der Waals surface area (Å²) in [5, 5.41) is 3.82. The number of hydrogen-bond acceptors (Lipinski definition) is 4. The van der Waals surface area contributed by atoms with Crippen LogP contribution >= 0.6 is 0 Å². The van der Waals surface area contributed by atoms with Gasteiger partial charge in [0.2, 0.25) is 0 Å². The van der Waals surface area contributed by atoms with Crippen LogP contribution in [-0.2, 0) is 9.31 Å². The van der Waals surface area contributed by atoms with Gasteiger partial charge in [-0.2, -0.15) is 0 Å². The maximum absolute atomic E-state index is 14.7. The molecule has 0 unspecified atom stereocenters. The molecule has 4 nitrogen and oxygen atoms in total. The van der Waals surface area contributed by atoms with E-state index >= 15 is 0 Å². The van der Waals surface area contributed by atoms with E-state index in [1.807, 2.05) is 27.7 Å². The van der Waals surface area contributed by atoms with Gasteiger partial charge in [-0.15, -0.1) is 0 Å². The number of aromatic nitrogens is 1. The molecule has 128 valence electrons. The van der Waals surface area contributed by atoms with E-state index in [1.165, 1.54) is 12.1 Å². The van der Waals surface area contributed by atoms with Crippen molar-refractivity contribution in [2.45, 2.75) is 52.7 Å².